The second-order valence-corrected chi connectivity index (χ2v) is 8.04. The number of carbonyl (C=O) groups is 1. The molecule has 0 aliphatic rings. The highest BCUT2D eigenvalue weighted by atomic mass is 35.5. The van der Waals surface area contributed by atoms with Gasteiger partial charge in [0.15, 0.2) is 15.6 Å². The van der Waals surface area contributed by atoms with Crippen LogP contribution < -0.4 is 0 Å². The van der Waals surface area contributed by atoms with Gasteiger partial charge in [0.25, 0.3) is 0 Å². The van der Waals surface area contributed by atoms with Gasteiger partial charge in [-0.2, -0.15) is 5.26 Å². The van der Waals surface area contributed by atoms with Crippen LogP contribution in [-0.4, -0.2) is 20.5 Å². The number of hydrogen-bond donors (Lipinski definition) is 0. The zero-order chi connectivity index (χ0) is 18.2. The molecule has 124 valence electrons. The minimum atomic E-state index is -3.36. The van der Waals surface area contributed by atoms with E-state index in [0.717, 1.165) is 6.26 Å². The largest absolute Gasteiger partial charge is 0.289 e. The minimum absolute atomic E-state index is 0.162. The third-order valence-electron chi connectivity index (χ3n) is 3.87. The summed E-state index contributed by atoms with van der Waals surface area (Å²) in [6, 6.07) is 16.1. The van der Waals surface area contributed by atoms with Gasteiger partial charge in [0.05, 0.1) is 16.5 Å². The fourth-order valence-corrected chi connectivity index (χ4v) is 3.40. The molecule has 0 aliphatic carbocycles. The van der Waals surface area contributed by atoms with Gasteiger partial charge in [-0.05, 0) is 53.2 Å². The quantitative estimate of drug-likeness (QED) is 0.654. The molecule has 0 aliphatic heterocycles. The van der Waals surface area contributed by atoms with Crippen LogP contribution >= 0.6 is 11.6 Å². The van der Waals surface area contributed by atoms with E-state index < -0.39 is 9.84 Å². The van der Waals surface area contributed by atoms with E-state index in [1.165, 1.54) is 18.2 Å². The molecule has 3 rings (SSSR count). The Labute approximate surface area is 150 Å². The molecule has 3 aromatic rings. The zero-order valence-electron chi connectivity index (χ0n) is 13.2. The Morgan fingerprint density at radius 1 is 1.04 bits per heavy atom. The molecule has 0 saturated carbocycles. The number of benzene rings is 3. The Morgan fingerprint density at radius 2 is 1.72 bits per heavy atom. The molecule has 6 heteroatoms. The number of hydrogen-bond acceptors (Lipinski definition) is 4. The Balaban J connectivity index is 2.27. The van der Waals surface area contributed by atoms with Crippen molar-refractivity contribution in [3.05, 3.63) is 76.3 Å². The lowest BCUT2D eigenvalue weighted by Crippen LogP contribution is -2.06. The first-order chi connectivity index (χ1) is 11.8. The van der Waals surface area contributed by atoms with Crippen LogP contribution in [0.5, 0.6) is 0 Å². The predicted octanol–water partition coefficient (Wildman–Crippen LogP) is 4.00. The van der Waals surface area contributed by atoms with Crippen LogP contribution in [0, 0.1) is 11.3 Å². The van der Waals surface area contributed by atoms with Gasteiger partial charge >= 0.3 is 0 Å². The van der Waals surface area contributed by atoms with Crippen molar-refractivity contribution in [1.29, 1.82) is 5.26 Å². The lowest BCUT2D eigenvalue weighted by atomic mass is 9.93. The van der Waals surface area contributed by atoms with E-state index in [-0.39, 0.29) is 21.8 Å². The fourth-order valence-electron chi connectivity index (χ4n) is 2.62. The molecule has 0 radical (unpaired) electrons. The van der Waals surface area contributed by atoms with Gasteiger partial charge in [0, 0.05) is 22.4 Å². The van der Waals surface area contributed by atoms with Gasteiger partial charge in [-0.3, -0.25) is 4.79 Å². The summed E-state index contributed by atoms with van der Waals surface area (Å²) in [6.07, 6.45) is 1.12. The minimum Gasteiger partial charge on any atom is -0.289 e. The first-order valence-corrected chi connectivity index (χ1v) is 9.55. The number of nitriles is 1. The topological polar surface area (TPSA) is 75.0 Å². The van der Waals surface area contributed by atoms with Crippen LogP contribution in [0.15, 0.2) is 59.5 Å². The van der Waals surface area contributed by atoms with Crippen molar-refractivity contribution < 1.29 is 13.2 Å². The standard InChI is InChI=1S/C19H12ClNO3S/c1-25(23,24)16-8-9-17-13(10-16)2-3-14(11-21)18(17)19(22)12-4-6-15(20)7-5-12/h2-10H,1H3. The molecule has 0 unspecified atom stereocenters. The molecule has 0 fully saturated rings. The molecule has 0 atom stereocenters. The monoisotopic (exact) mass is 369 g/mol. The van der Waals surface area contributed by atoms with Crippen molar-refractivity contribution in [3.8, 4) is 6.07 Å². The summed E-state index contributed by atoms with van der Waals surface area (Å²) in [4.78, 5) is 13.1. The summed E-state index contributed by atoms with van der Waals surface area (Å²) < 4.78 is 23.5. The number of carbonyl (C=O) groups excluding carboxylic acids is 1. The van der Waals surface area contributed by atoms with E-state index in [1.54, 1.807) is 36.4 Å². The molecule has 0 spiro atoms. The summed E-state index contributed by atoms with van der Waals surface area (Å²) in [7, 11) is -3.36. The van der Waals surface area contributed by atoms with Gasteiger partial charge < -0.3 is 0 Å². The van der Waals surface area contributed by atoms with Crippen molar-refractivity contribution >= 4 is 38.0 Å². The van der Waals surface area contributed by atoms with Gasteiger partial charge in [-0.25, -0.2) is 8.42 Å². The summed E-state index contributed by atoms with van der Waals surface area (Å²) >= 11 is 5.86. The second-order valence-electron chi connectivity index (χ2n) is 5.59. The lowest BCUT2D eigenvalue weighted by Gasteiger charge is -2.10. The van der Waals surface area contributed by atoms with E-state index in [2.05, 4.69) is 0 Å². The van der Waals surface area contributed by atoms with Crippen LogP contribution in [-0.2, 0) is 9.84 Å². The average Bonchev–Trinajstić information content (AvgIpc) is 2.59. The Kier molecular flexibility index (Phi) is 4.34. The number of ketones is 1. The summed E-state index contributed by atoms with van der Waals surface area (Å²) in [5.41, 5.74) is 0.891. The molecule has 0 N–H and O–H groups in total. The Morgan fingerprint density at radius 3 is 2.32 bits per heavy atom. The molecule has 0 bridgehead atoms. The van der Waals surface area contributed by atoms with Gasteiger partial charge in [-0.15, -0.1) is 0 Å². The second kappa shape index (κ2) is 6.32. The van der Waals surface area contributed by atoms with E-state index in [0.29, 0.717) is 21.4 Å². The number of rotatable bonds is 3. The normalized spacial score (nSPS) is 11.2. The Hall–Kier alpha value is -2.68. The predicted molar refractivity (Wildman–Crippen MR) is 96.7 cm³/mol. The lowest BCUT2D eigenvalue weighted by molar-refractivity contribution is 0.104. The molecule has 25 heavy (non-hydrogen) atoms. The van der Waals surface area contributed by atoms with Crippen LogP contribution in [0.25, 0.3) is 10.8 Å². The number of halogens is 1. The number of nitrogens with zero attached hydrogens (tertiary/aromatic N) is 1. The number of fused-ring (bicyclic) bond motifs is 1. The number of sulfone groups is 1. The highest BCUT2D eigenvalue weighted by molar-refractivity contribution is 7.90. The average molecular weight is 370 g/mol. The maximum Gasteiger partial charge on any atom is 0.194 e. The molecular formula is C19H12ClNO3S. The SMILES string of the molecule is CS(=O)(=O)c1ccc2c(C(=O)c3ccc(Cl)cc3)c(C#N)ccc2c1. The molecule has 0 amide bonds. The van der Waals surface area contributed by atoms with Crippen molar-refractivity contribution in [3.63, 3.8) is 0 Å². The van der Waals surface area contributed by atoms with Crippen LogP contribution in [0.2, 0.25) is 5.02 Å². The van der Waals surface area contributed by atoms with Crippen LogP contribution in [0.4, 0.5) is 0 Å². The third kappa shape index (κ3) is 3.27. The molecule has 0 aromatic heterocycles. The summed E-state index contributed by atoms with van der Waals surface area (Å²) in [5.74, 6) is -0.314. The van der Waals surface area contributed by atoms with E-state index in [9.17, 15) is 18.5 Å². The van der Waals surface area contributed by atoms with E-state index in [1.807, 2.05) is 6.07 Å². The van der Waals surface area contributed by atoms with Crippen molar-refractivity contribution in [2.45, 2.75) is 4.90 Å². The fraction of sp³-hybridized carbons (Fsp3) is 0.0526. The zero-order valence-corrected chi connectivity index (χ0v) is 14.7. The van der Waals surface area contributed by atoms with Crippen molar-refractivity contribution in [2.24, 2.45) is 0 Å². The maximum atomic E-state index is 12.9. The highest BCUT2D eigenvalue weighted by Gasteiger charge is 2.18. The van der Waals surface area contributed by atoms with E-state index in [4.69, 9.17) is 11.6 Å². The summed E-state index contributed by atoms with van der Waals surface area (Å²) in [5, 5.41) is 11.0. The Bertz CT molecular complexity index is 1140. The molecular weight excluding hydrogens is 358 g/mol. The van der Waals surface area contributed by atoms with E-state index >= 15 is 0 Å². The molecule has 0 heterocycles. The highest BCUT2D eigenvalue weighted by Crippen LogP contribution is 2.27. The molecule has 0 saturated heterocycles. The van der Waals surface area contributed by atoms with Crippen LogP contribution in [0.1, 0.15) is 21.5 Å². The van der Waals surface area contributed by atoms with Crippen LogP contribution in [0.3, 0.4) is 0 Å². The van der Waals surface area contributed by atoms with Gasteiger partial charge in [0.2, 0.25) is 0 Å². The molecule has 4 nitrogen and oxygen atoms in total. The van der Waals surface area contributed by atoms with Crippen molar-refractivity contribution in [1.82, 2.24) is 0 Å². The first kappa shape index (κ1) is 17.2. The maximum absolute atomic E-state index is 12.9. The summed E-state index contributed by atoms with van der Waals surface area (Å²) in [6.45, 7) is 0. The van der Waals surface area contributed by atoms with Crippen molar-refractivity contribution in [2.75, 3.05) is 6.26 Å². The van der Waals surface area contributed by atoms with Gasteiger partial charge in [-0.1, -0.05) is 23.7 Å². The molecule has 3 aromatic carbocycles. The smallest absolute Gasteiger partial charge is 0.194 e. The first-order valence-electron chi connectivity index (χ1n) is 7.28. The van der Waals surface area contributed by atoms with Gasteiger partial charge in [0.1, 0.15) is 0 Å². The third-order valence-corrected chi connectivity index (χ3v) is 5.24.